The van der Waals surface area contributed by atoms with E-state index < -0.39 is 5.97 Å². The molecule has 9 heteroatoms. The average molecular weight is 325 g/mol. The summed E-state index contributed by atoms with van der Waals surface area (Å²) >= 11 is 2.17. The fourth-order valence-electron chi connectivity index (χ4n) is 1.29. The number of anilines is 1. The Morgan fingerprint density at radius 3 is 2.95 bits per heavy atom. The van der Waals surface area contributed by atoms with Crippen LogP contribution in [0.25, 0.3) is 6.08 Å². The summed E-state index contributed by atoms with van der Waals surface area (Å²) in [7, 11) is 0. The number of carboxylic acid groups (broad SMARTS) is 1. The van der Waals surface area contributed by atoms with Crippen molar-refractivity contribution in [1.82, 2.24) is 10.2 Å². The van der Waals surface area contributed by atoms with Crippen LogP contribution in [0.3, 0.4) is 0 Å². The number of carbonyl (C=O) groups is 2. The maximum absolute atomic E-state index is 11.7. The van der Waals surface area contributed by atoms with Crippen molar-refractivity contribution in [2.75, 3.05) is 11.1 Å². The summed E-state index contributed by atoms with van der Waals surface area (Å²) in [6.07, 6.45) is 2.87. The van der Waals surface area contributed by atoms with E-state index in [0.717, 1.165) is 28.9 Å². The fraction of sp³-hybridized carbons (Fsp3) is 0.167. The number of hydrogen-bond donors (Lipinski definition) is 2. The van der Waals surface area contributed by atoms with Gasteiger partial charge in [0.2, 0.25) is 11.0 Å². The Morgan fingerprint density at radius 1 is 1.48 bits per heavy atom. The summed E-state index contributed by atoms with van der Waals surface area (Å²) < 4.78 is 5.78. The molecular formula is C12H11N3O4S2. The molecule has 0 bridgehead atoms. The Bertz CT molecular complexity index is 678. The van der Waals surface area contributed by atoms with Crippen LogP contribution in [-0.4, -0.2) is 32.9 Å². The van der Waals surface area contributed by atoms with Crippen molar-refractivity contribution in [2.24, 2.45) is 0 Å². The molecule has 0 unspecified atom stereocenters. The molecule has 0 aromatic carbocycles. The first-order chi connectivity index (χ1) is 10.0. The summed E-state index contributed by atoms with van der Waals surface area (Å²) in [5, 5.41) is 18.9. The van der Waals surface area contributed by atoms with Crippen molar-refractivity contribution in [3.8, 4) is 0 Å². The quantitative estimate of drug-likeness (QED) is 0.477. The largest absolute Gasteiger partial charge is 0.481 e. The SMILES string of the molecule is Cc1ccc(C=CC(=O)Nc2nnc(SCC(=O)O)s2)o1. The lowest BCUT2D eigenvalue weighted by molar-refractivity contribution is -0.133. The minimum absolute atomic E-state index is 0.0969. The molecule has 7 nitrogen and oxygen atoms in total. The van der Waals surface area contributed by atoms with E-state index in [1.807, 2.05) is 6.92 Å². The summed E-state index contributed by atoms with van der Waals surface area (Å²) in [6.45, 7) is 1.81. The van der Waals surface area contributed by atoms with Crippen LogP contribution in [0.5, 0.6) is 0 Å². The molecule has 2 aromatic rings. The summed E-state index contributed by atoms with van der Waals surface area (Å²) in [6, 6.07) is 3.55. The lowest BCUT2D eigenvalue weighted by Gasteiger charge is -1.93. The van der Waals surface area contributed by atoms with E-state index in [2.05, 4.69) is 15.5 Å². The normalized spacial score (nSPS) is 10.9. The highest BCUT2D eigenvalue weighted by Crippen LogP contribution is 2.25. The Kier molecular flexibility index (Phi) is 5.12. The summed E-state index contributed by atoms with van der Waals surface area (Å²) in [4.78, 5) is 22.1. The number of nitrogens with zero attached hydrogens (tertiary/aromatic N) is 2. The number of furan rings is 1. The zero-order valence-electron chi connectivity index (χ0n) is 10.9. The number of carbonyl (C=O) groups excluding carboxylic acids is 1. The van der Waals surface area contributed by atoms with Gasteiger partial charge in [0.1, 0.15) is 11.5 Å². The van der Waals surface area contributed by atoms with Crippen molar-refractivity contribution in [2.45, 2.75) is 11.3 Å². The van der Waals surface area contributed by atoms with Gasteiger partial charge in [-0.15, -0.1) is 10.2 Å². The molecule has 0 aliphatic heterocycles. The second-order valence-electron chi connectivity index (χ2n) is 3.83. The number of thioether (sulfide) groups is 1. The first kappa shape index (κ1) is 15.3. The lowest BCUT2D eigenvalue weighted by atomic mass is 10.4. The Morgan fingerprint density at radius 2 is 2.29 bits per heavy atom. The van der Waals surface area contributed by atoms with Crippen molar-refractivity contribution < 1.29 is 19.1 Å². The van der Waals surface area contributed by atoms with Gasteiger partial charge < -0.3 is 9.52 Å². The Labute approximate surface area is 128 Å². The predicted octanol–water partition coefficient (Wildman–Crippen LogP) is 2.27. The third kappa shape index (κ3) is 5.04. The highest BCUT2D eigenvalue weighted by atomic mass is 32.2. The molecule has 0 fully saturated rings. The molecule has 0 atom stereocenters. The standard InChI is InChI=1S/C12H11N3O4S2/c1-7-2-3-8(19-7)4-5-9(16)13-11-14-15-12(21-11)20-6-10(17)18/h2-5H,6H2,1H3,(H,17,18)(H,13,14,16). The number of nitrogens with one attached hydrogen (secondary N) is 1. The molecule has 2 rings (SSSR count). The minimum Gasteiger partial charge on any atom is -0.481 e. The third-order valence-corrected chi connectivity index (χ3v) is 4.07. The van der Waals surface area contributed by atoms with Gasteiger partial charge in [0.05, 0.1) is 5.75 Å². The van der Waals surface area contributed by atoms with E-state index in [-0.39, 0.29) is 11.7 Å². The summed E-state index contributed by atoms with van der Waals surface area (Å²) in [5.41, 5.74) is 0. The van der Waals surface area contributed by atoms with Gasteiger partial charge in [-0.2, -0.15) is 0 Å². The highest BCUT2D eigenvalue weighted by molar-refractivity contribution is 8.01. The van der Waals surface area contributed by atoms with Crippen LogP contribution in [0.1, 0.15) is 11.5 Å². The molecule has 0 saturated heterocycles. The topological polar surface area (TPSA) is 105 Å². The number of rotatable bonds is 6. The second-order valence-corrected chi connectivity index (χ2v) is 6.03. The lowest BCUT2D eigenvalue weighted by Crippen LogP contribution is -2.07. The number of aliphatic carboxylic acids is 1. The molecule has 2 aromatic heterocycles. The molecule has 21 heavy (non-hydrogen) atoms. The average Bonchev–Trinajstić information content (AvgIpc) is 3.03. The first-order valence-corrected chi connectivity index (χ1v) is 7.57. The maximum Gasteiger partial charge on any atom is 0.313 e. The number of hydrogen-bond acceptors (Lipinski definition) is 7. The Hall–Kier alpha value is -2.13. The molecule has 1 amide bonds. The van der Waals surface area contributed by atoms with Crippen molar-refractivity contribution in [3.63, 3.8) is 0 Å². The van der Waals surface area contributed by atoms with E-state index in [4.69, 9.17) is 9.52 Å². The Balaban J connectivity index is 1.87. The van der Waals surface area contributed by atoms with Gasteiger partial charge in [0, 0.05) is 6.08 Å². The zero-order valence-corrected chi connectivity index (χ0v) is 12.5. The van der Waals surface area contributed by atoms with E-state index in [0.29, 0.717) is 15.2 Å². The van der Waals surface area contributed by atoms with Crippen molar-refractivity contribution in [3.05, 3.63) is 29.7 Å². The van der Waals surface area contributed by atoms with Crippen LogP contribution in [0.2, 0.25) is 0 Å². The number of aryl methyl sites for hydroxylation is 1. The number of aromatic nitrogens is 2. The van der Waals surface area contributed by atoms with Crippen molar-refractivity contribution >= 4 is 46.2 Å². The molecule has 0 spiro atoms. The monoisotopic (exact) mass is 325 g/mol. The smallest absolute Gasteiger partial charge is 0.313 e. The predicted molar refractivity (Wildman–Crippen MR) is 79.4 cm³/mol. The van der Waals surface area contributed by atoms with Crippen LogP contribution in [0.15, 0.2) is 27.0 Å². The molecule has 0 aliphatic carbocycles. The number of amides is 1. The molecule has 110 valence electrons. The summed E-state index contributed by atoms with van der Waals surface area (Å²) in [5.74, 6) is -0.0512. The molecule has 0 saturated carbocycles. The van der Waals surface area contributed by atoms with Crippen LogP contribution in [0, 0.1) is 6.92 Å². The van der Waals surface area contributed by atoms with E-state index in [9.17, 15) is 9.59 Å². The third-order valence-electron chi connectivity index (χ3n) is 2.12. The zero-order chi connectivity index (χ0) is 15.2. The van der Waals surface area contributed by atoms with Gasteiger partial charge in [-0.3, -0.25) is 14.9 Å². The first-order valence-electron chi connectivity index (χ1n) is 5.76. The van der Waals surface area contributed by atoms with Crippen LogP contribution < -0.4 is 5.32 Å². The van der Waals surface area contributed by atoms with Gasteiger partial charge in [0.25, 0.3) is 0 Å². The maximum atomic E-state index is 11.7. The van der Waals surface area contributed by atoms with Gasteiger partial charge >= 0.3 is 5.97 Å². The van der Waals surface area contributed by atoms with Crippen LogP contribution in [0.4, 0.5) is 5.13 Å². The van der Waals surface area contributed by atoms with E-state index in [1.165, 1.54) is 6.08 Å². The minimum atomic E-state index is -0.933. The van der Waals surface area contributed by atoms with Gasteiger partial charge in [0.15, 0.2) is 4.34 Å². The highest BCUT2D eigenvalue weighted by Gasteiger charge is 2.08. The van der Waals surface area contributed by atoms with Gasteiger partial charge in [-0.25, -0.2) is 0 Å². The molecular weight excluding hydrogens is 314 g/mol. The molecule has 2 N–H and O–H groups in total. The molecule has 0 radical (unpaired) electrons. The number of carboxylic acids is 1. The molecule has 2 heterocycles. The van der Waals surface area contributed by atoms with E-state index in [1.54, 1.807) is 18.2 Å². The van der Waals surface area contributed by atoms with Gasteiger partial charge in [-0.1, -0.05) is 23.1 Å². The van der Waals surface area contributed by atoms with Gasteiger partial charge in [-0.05, 0) is 25.1 Å². The van der Waals surface area contributed by atoms with E-state index >= 15 is 0 Å². The second kappa shape index (κ2) is 7.04. The van der Waals surface area contributed by atoms with Crippen LogP contribution in [-0.2, 0) is 9.59 Å². The van der Waals surface area contributed by atoms with Crippen LogP contribution >= 0.6 is 23.1 Å². The fourth-order valence-corrected chi connectivity index (χ4v) is 2.77. The molecule has 0 aliphatic rings. The van der Waals surface area contributed by atoms with Crippen molar-refractivity contribution in [1.29, 1.82) is 0 Å².